The van der Waals surface area contributed by atoms with Gasteiger partial charge in [0.05, 0.1) is 0 Å². The first-order valence-corrected chi connectivity index (χ1v) is 8.48. The number of nitrogens with one attached hydrogen (secondary N) is 1. The average molecular weight is 343 g/mol. The van der Waals surface area contributed by atoms with Crippen LogP contribution in [0.25, 0.3) is 0 Å². The zero-order chi connectivity index (χ0) is 13.4. The molecule has 19 heavy (non-hydrogen) atoms. The Morgan fingerprint density at radius 3 is 2.89 bits per heavy atom. The Morgan fingerprint density at radius 1 is 1.37 bits per heavy atom. The van der Waals surface area contributed by atoms with Gasteiger partial charge in [0.25, 0.3) is 0 Å². The fourth-order valence-electron chi connectivity index (χ4n) is 4.01. The average Bonchev–Trinajstić information content (AvgIpc) is 3.02. The quantitative estimate of drug-likeness (QED) is 0.810. The zero-order valence-corrected chi connectivity index (χ0v) is 13.7. The van der Waals surface area contributed by atoms with E-state index in [1.165, 1.54) is 31.2 Å². The van der Waals surface area contributed by atoms with Crippen LogP contribution in [0.5, 0.6) is 0 Å². The number of fused-ring (bicyclic) bond motifs is 2. The SMILES string of the molecule is CC(NCc1cc(Cl)ccc1Br)C1CC2CCC1C2. The molecule has 2 saturated carbocycles. The smallest absolute Gasteiger partial charge is 0.0410 e. The summed E-state index contributed by atoms with van der Waals surface area (Å²) in [7, 11) is 0. The van der Waals surface area contributed by atoms with Crippen molar-refractivity contribution in [2.24, 2.45) is 17.8 Å². The van der Waals surface area contributed by atoms with Crippen molar-refractivity contribution in [1.82, 2.24) is 5.32 Å². The maximum atomic E-state index is 6.06. The molecular formula is C16H21BrClN. The minimum Gasteiger partial charge on any atom is -0.310 e. The molecule has 4 unspecified atom stereocenters. The molecule has 104 valence electrons. The van der Waals surface area contributed by atoms with E-state index < -0.39 is 0 Å². The summed E-state index contributed by atoms with van der Waals surface area (Å²) in [5.41, 5.74) is 1.25. The normalized spacial score (nSPS) is 30.8. The summed E-state index contributed by atoms with van der Waals surface area (Å²) in [4.78, 5) is 0. The van der Waals surface area contributed by atoms with Gasteiger partial charge in [0.15, 0.2) is 0 Å². The topological polar surface area (TPSA) is 12.0 Å². The minimum absolute atomic E-state index is 0.612. The predicted molar refractivity (Wildman–Crippen MR) is 84.4 cm³/mol. The van der Waals surface area contributed by atoms with E-state index in [1.807, 2.05) is 18.2 Å². The molecule has 0 amide bonds. The Labute approximate surface area is 129 Å². The summed E-state index contributed by atoms with van der Waals surface area (Å²) in [6, 6.07) is 6.61. The fourth-order valence-corrected chi connectivity index (χ4v) is 4.59. The predicted octanol–water partition coefficient (Wildman–Crippen LogP) is 5.02. The van der Waals surface area contributed by atoms with Gasteiger partial charge in [-0.25, -0.2) is 0 Å². The largest absolute Gasteiger partial charge is 0.310 e. The fraction of sp³-hybridized carbons (Fsp3) is 0.625. The third-order valence-electron chi connectivity index (χ3n) is 5.06. The van der Waals surface area contributed by atoms with E-state index in [0.717, 1.165) is 33.8 Å². The first-order valence-electron chi connectivity index (χ1n) is 7.31. The molecule has 0 heterocycles. The lowest BCUT2D eigenvalue weighted by Gasteiger charge is -2.28. The van der Waals surface area contributed by atoms with Gasteiger partial charge in [0.2, 0.25) is 0 Å². The van der Waals surface area contributed by atoms with Gasteiger partial charge in [-0.2, -0.15) is 0 Å². The van der Waals surface area contributed by atoms with Gasteiger partial charge in [-0.1, -0.05) is 34.0 Å². The molecule has 3 rings (SSSR count). The molecular weight excluding hydrogens is 322 g/mol. The van der Waals surface area contributed by atoms with Crippen molar-refractivity contribution in [3.8, 4) is 0 Å². The maximum absolute atomic E-state index is 6.06. The number of hydrogen-bond donors (Lipinski definition) is 1. The molecule has 1 nitrogen and oxygen atoms in total. The minimum atomic E-state index is 0.612. The van der Waals surface area contributed by atoms with Crippen molar-refractivity contribution in [2.75, 3.05) is 0 Å². The summed E-state index contributed by atoms with van der Waals surface area (Å²) in [6.07, 6.45) is 5.86. The second-order valence-electron chi connectivity index (χ2n) is 6.24. The van der Waals surface area contributed by atoms with E-state index in [4.69, 9.17) is 11.6 Å². The van der Waals surface area contributed by atoms with Crippen molar-refractivity contribution in [1.29, 1.82) is 0 Å². The molecule has 1 N–H and O–H groups in total. The van der Waals surface area contributed by atoms with E-state index in [1.54, 1.807) is 0 Å². The van der Waals surface area contributed by atoms with Crippen LogP contribution >= 0.6 is 27.5 Å². The van der Waals surface area contributed by atoms with Crippen molar-refractivity contribution < 1.29 is 0 Å². The number of halogens is 2. The molecule has 1 aromatic rings. The molecule has 2 aliphatic rings. The van der Waals surface area contributed by atoms with E-state index in [9.17, 15) is 0 Å². The summed E-state index contributed by atoms with van der Waals surface area (Å²) >= 11 is 9.66. The Bertz CT molecular complexity index is 462. The monoisotopic (exact) mass is 341 g/mol. The highest BCUT2D eigenvalue weighted by Gasteiger charge is 2.41. The first-order chi connectivity index (χ1) is 9.13. The third-order valence-corrected chi connectivity index (χ3v) is 6.07. The van der Waals surface area contributed by atoms with Gasteiger partial charge in [-0.05, 0) is 67.7 Å². The van der Waals surface area contributed by atoms with E-state index in [-0.39, 0.29) is 0 Å². The zero-order valence-electron chi connectivity index (χ0n) is 11.3. The number of hydrogen-bond acceptors (Lipinski definition) is 1. The van der Waals surface area contributed by atoms with Crippen molar-refractivity contribution in [3.05, 3.63) is 33.3 Å². The van der Waals surface area contributed by atoms with Gasteiger partial charge < -0.3 is 5.32 Å². The van der Waals surface area contributed by atoms with Crippen LogP contribution in [0.3, 0.4) is 0 Å². The summed E-state index contributed by atoms with van der Waals surface area (Å²) in [6.45, 7) is 3.25. The highest BCUT2D eigenvalue weighted by Crippen LogP contribution is 2.49. The third kappa shape index (κ3) is 3.01. The van der Waals surface area contributed by atoms with Crippen molar-refractivity contribution in [2.45, 2.75) is 45.2 Å². The molecule has 3 heteroatoms. The Kier molecular flexibility index (Phi) is 4.21. The van der Waals surface area contributed by atoms with E-state index >= 15 is 0 Å². The molecule has 0 spiro atoms. The molecule has 0 aromatic heterocycles. The van der Waals surface area contributed by atoms with Gasteiger partial charge >= 0.3 is 0 Å². The molecule has 0 saturated heterocycles. The Morgan fingerprint density at radius 2 is 2.21 bits per heavy atom. The van der Waals surface area contributed by atoms with E-state index in [2.05, 4.69) is 28.2 Å². The Balaban J connectivity index is 1.58. The van der Waals surface area contributed by atoms with E-state index in [0.29, 0.717) is 6.04 Å². The molecule has 2 bridgehead atoms. The molecule has 1 aromatic carbocycles. The number of rotatable bonds is 4. The van der Waals surface area contributed by atoms with Gasteiger partial charge in [-0.3, -0.25) is 0 Å². The molecule has 2 aliphatic carbocycles. The maximum Gasteiger partial charge on any atom is 0.0410 e. The lowest BCUT2D eigenvalue weighted by Crippen LogP contribution is -2.35. The van der Waals surface area contributed by atoms with Crippen molar-refractivity contribution in [3.63, 3.8) is 0 Å². The van der Waals surface area contributed by atoms with Crippen LogP contribution in [0.4, 0.5) is 0 Å². The van der Waals surface area contributed by atoms with Crippen molar-refractivity contribution >= 4 is 27.5 Å². The highest BCUT2D eigenvalue weighted by molar-refractivity contribution is 9.10. The second kappa shape index (κ2) is 5.75. The lowest BCUT2D eigenvalue weighted by atomic mass is 9.84. The van der Waals surface area contributed by atoms with Crippen LogP contribution in [0.2, 0.25) is 5.02 Å². The Hall–Kier alpha value is -0.0500. The molecule has 0 aliphatic heterocycles. The van der Waals surface area contributed by atoms with Crippen LogP contribution in [0.15, 0.2) is 22.7 Å². The van der Waals surface area contributed by atoms with Crippen LogP contribution in [0.1, 0.15) is 38.2 Å². The van der Waals surface area contributed by atoms with Crippen LogP contribution in [-0.2, 0) is 6.54 Å². The summed E-state index contributed by atoms with van der Waals surface area (Å²) < 4.78 is 1.14. The van der Waals surface area contributed by atoms with Crippen LogP contribution < -0.4 is 5.32 Å². The van der Waals surface area contributed by atoms with Crippen LogP contribution in [-0.4, -0.2) is 6.04 Å². The lowest BCUT2D eigenvalue weighted by molar-refractivity contribution is 0.259. The summed E-state index contributed by atoms with van der Waals surface area (Å²) in [5.74, 6) is 2.89. The number of benzene rings is 1. The molecule has 2 fully saturated rings. The second-order valence-corrected chi connectivity index (χ2v) is 7.53. The first kappa shape index (κ1) is 13.9. The highest BCUT2D eigenvalue weighted by atomic mass is 79.9. The van der Waals surface area contributed by atoms with Gasteiger partial charge in [-0.15, -0.1) is 0 Å². The van der Waals surface area contributed by atoms with Crippen LogP contribution in [0, 0.1) is 17.8 Å². The van der Waals surface area contributed by atoms with Gasteiger partial charge in [0, 0.05) is 22.1 Å². The standard InChI is InChI=1S/C16H21BrClN/c1-10(15-7-11-2-3-12(15)6-11)19-9-13-8-14(18)4-5-16(13)17/h4-5,8,10-12,15,19H,2-3,6-7,9H2,1H3. The molecule has 0 radical (unpaired) electrons. The molecule has 4 atom stereocenters. The van der Waals surface area contributed by atoms with Gasteiger partial charge in [0.1, 0.15) is 0 Å². The summed E-state index contributed by atoms with van der Waals surface area (Å²) in [5, 5.41) is 4.52.